The molecule has 0 bridgehead atoms. The van der Waals surface area contributed by atoms with Crippen molar-refractivity contribution in [2.24, 2.45) is 0 Å². The molecule has 1 aliphatic rings. The van der Waals surface area contributed by atoms with Crippen LogP contribution in [0, 0.1) is 6.92 Å². The molecule has 0 unspecified atom stereocenters. The van der Waals surface area contributed by atoms with Gasteiger partial charge >= 0.3 is 0 Å². The molecule has 1 saturated carbocycles. The van der Waals surface area contributed by atoms with Gasteiger partial charge in [0.05, 0.1) is 5.75 Å². The van der Waals surface area contributed by atoms with Crippen LogP contribution in [-0.4, -0.2) is 31.6 Å². The van der Waals surface area contributed by atoms with Crippen molar-refractivity contribution in [3.05, 3.63) is 40.2 Å². The maximum Gasteiger partial charge on any atom is 0.273 e. The van der Waals surface area contributed by atoms with E-state index in [1.165, 1.54) is 48.1 Å². The Labute approximate surface area is 184 Å². The van der Waals surface area contributed by atoms with Gasteiger partial charge in [0.2, 0.25) is 5.91 Å². The molecule has 0 spiro atoms. The van der Waals surface area contributed by atoms with Crippen molar-refractivity contribution in [3.63, 3.8) is 0 Å². The van der Waals surface area contributed by atoms with Gasteiger partial charge in [0.15, 0.2) is 5.16 Å². The summed E-state index contributed by atoms with van der Waals surface area (Å²) in [5.74, 6) is 0.261. The lowest BCUT2D eigenvalue weighted by molar-refractivity contribution is -0.119. The first kappa shape index (κ1) is 21.1. The van der Waals surface area contributed by atoms with Gasteiger partial charge in [-0.15, -0.1) is 0 Å². The molecule has 1 aliphatic carbocycles. The zero-order chi connectivity index (χ0) is 21.1. The number of amides is 1. The van der Waals surface area contributed by atoms with E-state index in [2.05, 4.69) is 9.69 Å². The van der Waals surface area contributed by atoms with Gasteiger partial charge < -0.3 is 5.32 Å². The van der Waals surface area contributed by atoms with Crippen LogP contribution >= 0.6 is 23.3 Å². The summed E-state index contributed by atoms with van der Waals surface area (Å²) in [6.07, 6.45) is 5.73. The normalized spacial score (nSPS) is 14.9. The number of hydrogen-bond acceptors (Lipinski definition) is 6. The van der Waals surface area contributed by atoms with E-state index in [0.29, 0.717) is 21.9 Å². The van der Waals surface area contributed by atoms with E-state index < -0.39 is 0 Å². The summed E-state index contributed by atoms with van der Waals surface area (Å²) in [6.45, 7) is 4.46. The Bertz CT molecular complexity index is 1100. The molecule has 1 amide bonds. The SMILES string of the molecule is CCn1c(SCC(=O)NC2CCCCC2)nc2c(-c3ccc(C)cc3)nsc2c1=O. The average molecular weight is 443 g/mol. The molecule has 0 aliphatic heterocycles. The number of carbonyl (C=O) groups excluding carboxylic acids is 1. The smallest absolute Gasteiger partial charge is 0.273 e. The van der Waals surface area contributed by atoms with Crippen LogP contribution in [0.1, 0.15) is 44.6 Å². The van der Waals surface area contributed by atoms with E-state index in [-0.39, 0.29) is 23.3 Å². The second-order valence-electron chi connectivity index (χ2n) is 7.71. The number of aryl methyl sites for hydroxylation is 1. The van der Waals surface area contributed by atoms with Crippen LogP contribution in [0.15, 0.2) is 34.2 Å². The number of nitrogens with one attached hydrogen (secondary N) is 1. The standard InChI is InChI=1S/C22H26N4O2S2/c1-3-26-21(28)20-19(18(25-30-20)15-11-9-14(2)10-12-15)24-22(26)29-13-17(27)23-16-7-5-4-6-8-16/h9-12,16H,3-8,13H2,1-2H3,(H,23,27). The van der Waals surface area contributed by atoms with Crippen molar-refractivity contribution in [2.45, 2.75) is 63.7 Å². The minimum atomic E-state index is -0.0893. The Morgan fingerprint density at radius 3 is 2.67 bits per heavy atom. The first-order valence-corrected chi connectivity index (χ1v) is 12.2. The summed E-state index contributed by atoms with van der Waals surface area (Å²) < 4.78 is 6.72. The maximum atomic E-state index is 13.0. The largest absolute Gasteiger partial charge is 0.353 e. The highest BCUT2D eigenvalue weighted by atomic mass is 32.2. The lowest BCUT2D eigenvalue weighted by Gasteiger charge is -2.22. The van der Waals surface area contributed by atoms with Gasteiger partial charge in [-0.05, 0) is 38.2 Å². The molecular weight excluding hydrogens is 416 g/mol. The second kappa shape index (κ2) is 9.31. The summed E-state index contributed by atoms with van der Waals surface area (Å²) in [5.41, 5.74) is 3.37. The van der Waals surface area contributed by atoms with E-state index in [1.54, 1.807) is 4.57 Å². The van der Waals surface area contributed by atoms with Gasteiger partial charge in [-0.1, -0.05) is 60.9 Å². The molecule has 8 heteroatoms. The molecule has 0 saturated heterocycles. The molecule has 1 N–H and O–H groups in total. The lowest BCUT2D eigenvalue weighted by atomic mass is 9.95. The molecule has 0 radical (unpaired) electrons. The van der Waals surface area contributed by atoms with Gasteiger partial charge in [0.1, 0.15) is 15.9 Å². The Morgan fingerprint density at radius 1 is 1.23 bits per heavy atom. The molecule has 0 atom stereocenters. The van der Waals surface area contributed by atoms with Crippen molar-refractivity contribution < 1.29 is 4.79 Å². The maximum absolute atomic E-state index is 13.0. The first-order valence-electron chi connectivity index (χ1n) is 10.5. The van der Waals surface area contributed by atoms with E-state index in [1.807, 2.05) is 38.1 Å². The molecule has 158 valence electrons. The Hall–Kier alpha value is -2.19. The number of benzene rings is 1. The number of thioether (sulfide) groups is 1. The minimum Gasteiger partial charge on any atom is -0.353 e. The zero-order valence-electron chi connectivity index (χ0n) is 17.3. The predicted octanol–water partition coefficient (Wildman–Crippen LogP) is 4.39. The Kier molecular flexibility index (Phi) is 6.53. The fourth-order valence-electron chi connectivity index (χ4n) is 3.83. The Balaban J connectivity index is 1.60. The van der Waals surface area contributed by atoms with Crippen molar-refractivity contribution in [1.82, 2.24) is 19.2 Å². The number of rotatable bonds is 6. The molecule has 1 fully saturated rings. The third-order valence-corrected chi connectivity index (χ3v) is 7.29. The number of hydrogen-bond donors (Lipinski definition) is 1. The van der Waals surface area contributed by atoms with Crippen LogP contribution in [0.25, 0.3) is 21.5 Å². The predicted molar refractivity (Wildman–Crippen MR) is 123 cm³/mol. The molecule has 30 heavy (non-hydrogen) atoms. The van der Waals surface area contributed by atoms with Crippen LogP contribution in [0.2, 0.25) is 0 Å². The second-order valence-corrected chi connectivity index (χ2v) is 9.43. The van der Waals surface area contributed by atoms with Gasteiger partial charge in [-0.2, -0.15) is 4.37 Å². The number of carbonyl (C=O) groups is 1. The number of aromatic nitrogens is 3. The van der Waals surface area contributed by atoms with Crippen LogP contribution in [0.5, 0.6) is 0 Å². The monoisotopic (exact) mass is 442 g/mol. The molecule has 1 aromatic carbocycles. The molecule has 4 rings (SSSR count). The summed E-state index contributed by atoms with van der Waals surface area (Å²) in [7, 11) is 0. The first-order chi connectivity index (χ1) is 14.6. The third-order valence-electron chi connectivity index (χ3n) is 5.49. The highest BCUT2D eigenvalue weighted by Crippen LogP contribution is 2.29. The molecule has 3 aromatic rings. The van der Waals surface area contributed by atoms with Gasteiger partial charge in [-0.3, -0.25) is 14.2 Å². The molecular formula is C22H26N4O2S2. The number of fused-ring (bicyclic) bond motifs is 1. The van der Waals surface area contributed by atoms with Gasteiger partial charge in [0.25, 0.3) is 5.56 Å². The van der Waals surface area contributed by atoms with Crippen LogP contribution in [0.3, 0.4) is 0 Å². The highest BCUT2D eigenvalue weighted by molar-refractivity contribution is 7.99. The molecule has 2 aromatic heterocycles. The quantitative estimate of drug-likeness (QED) is 0.453. The topological polar surface area (TPSA) is 76.9 Å². The van der Waals surface area contributed by atoms with E-state index >= 15 is 0 Å². The number of nitrogens with zero attached hydrogens (tertiary/aromatic N) is 3. The van der Waals surface area contributed by atoms with E-state index in [9.17, 15) is 9.59 Å². The molecule has 6 nitrogen and oxygen atoms in total. The van der Waals surface area contributed by atoms with Crippen molar-refractivity contribution >= 4 is 39.4 Å². The highest BCUT2D eigenvalue weighted by Gasteiger charge is 2.20. The van der Waals surface area contributed by atoms with E-state index in [0.717, 1.165) is 24.1 Å². The lowest BCUT2D eigenvalue weighted by Crippen LogP contribution is -2.37. The average Bonchev–Trinajstić information content (AvgIpc) is 3.18. The van der Waals surface area contributed by atoms with Crippen molar-refractivity contribution in [1.29, 1.82) is 0 Å². The zero-order valence-corrected chi connectivity index (χ0v) is 18.9. The van der Waals surface area contributed by atoms with Gasteiger partial charge in [-0.25, -0.2) is 4.98 Å². The summed E-state index contributed by atoms with van der Waals surface area (Å²) >= 11 is 2.51. The fourth-order valence-corrected chi connectivity index (χ4v) is 5.49. The molecule has 2 heterocycles. The minimum absolute atomic E-state index is 0.00565. The van der Waals surface area contributed by atoms with Crippen molar-refractivity contribution in [2.75, 3.05) is 5.75 Å². The summed E-state index contributed by atoms with van der Waals surface area (Å²) in [6, 6.07) is 8.34. The third kappa shape index (κ3) is 4.44. The van der Waals surface area contributed by atoms with Crippen LogP contribution in [-0.2, 0) is 11.3 Å². The van der Waals surface area contributed by atoms with Crippen LogP contribution in [0.4, 0.5) is 0 Å². The fraction of sp³-hybridized carbons (Fsp3) is 0.455. The van der Waals surface area contributed by atoms with Crippen molar-refractivity contribution in [3.8, 4) is 11.3 Å². The summed E-state index contributed by atoms with van der Waals surface area (Å²) in [4.78, 5) is 30.2. The van der Waals surface area contributed by atoms with Gasteiger partial charge in [0, 0.05) is 18.2 Å². The Morgan fingerprint density at radius 2 is 1.97 bits per heavy atom. The summed E-state index contributed by atoms with van der Waals surface area (Å²) in [5, 5.41) is 3.70. The van der Waals surface area contributed by atoms with Crippen LogP contribution < -0.4 is 10.9 Å². The van der Waals surface area contributed by atoms with E-state index in [4.69, 9.17) is 4.98 Å².